The van der Waals surface area contributed by atoms with Crippen molar-refractivity contribution in [1.82, 2.24) is 24.8 Å². The molecule has 8 heteroatoms. The monoisotopic (exact) mass is 472 g/mol. The van der Waals surface area contributed by atoms with Crippen LogP contribution in [-0.4, -0.2) is 58.0 Å². The van der Waals surface area contributed by atoms with Crippen molar-refractivity contribution in [2.24, 2.45) is 0 Å². The lowest BCUT2D eigenvalue weighted by atomic mass is 10.0. The van der Waals surface area contributed by atoms with E-state index in [1.807, 2.05) is 6.07 Å². The Morgan fingerprint density at radius 1 is 0.971 bits per heavy atom. The van der Waals surface area contributed by atoms with Gasteiger partial charge in [-0.3, -0.25) is 14.7 Å². The molecule has 7 nitrogen and oxygen atoms in total. The van der Waals surface area contributed by atoms with Gasteiger partial charge in [0.2, 0.25) is 5.56 Å². The second kappa shape index (κ2) is 10.3. The van der Waals surface area contributed by atoms with Gasteiger partial charge in [-0.25, -0.2) is 9.37 Å². The van der Waals surface area contributed by atoms with Crippen molar-refractivity contribution in [3.8, 4) is 0 Å². The minimum atomic E-state index is -0.440. The second-order valence-electron chi connectivity index (χ2n) is 9.09. The van der Waals surface area contributed by atoms with Crippen molar-refractivity contribution in [2.45, 2.75) is 19.6 Å². The van der Waals surface area contributed by atoms with Crippen LogP contribution in [0.4, 0.5) is 10.2 Å². The van der Waals surface area contributed by atoms with Crippen LogP contribution in [0.2, 0.25) is 0 Å². The van der Waals surface area contributed by atoms with Crippen LogP contribution >= 0.6 is 0 Å². The predicted molar refractivity (Wildman–Crippen MR) is 136 cm³/mol. The standard InChI is InChI=1S/C27H29FN6O/c1-32-11-13-33(14-12-32)17-20-5-2-3-6-21(20)18-34(25-16-29-9-10-30-25)19-22-15-26(35)31-27-23(22)7-4-8-24(27)28/h2-10,15-16H,11-14,17-19H2,1H3,(H,31,35). The molecule has 1 aliphatic rings. The maximum absolute atomic E-state index is 14.4. The van der Waals surface area contributed by atoms with Gasteiger partial charge in [-0.05, 0) is 29.8 Å². The lowest BCUT2D eigenvalue weighted by Crippen LogP contribution is -2.44. The fraction of sp³-hybridized carbons (Fsp3) is 0.296. The van der Waals surface area contributed by atoms with Gasteiger partial charge in [0.15, 0.2) is 0 Å². The van der Waals surface area contributed by atoms with Crippen LogP contribution in [0.25, 0.3) is 10.9 Å². The molecule has 0 spiro atoms. The summed E-state index contributed by atoms with van der Waals surface area (Å²) in [4.78, 5) is 30.7. The number of fused-ring (bicyclic) bond motifs is 1. The number of benzene rings is 2. The Kier molecular flexibility index (Phi) is 6.83. The number of rotatable bonds is 7. The summed E-state index contributed by atoms with van der Waals surface area (Å²) in [6.07, 6.45) is 5.02. The minimum absolute atomic E-state index is 0.226. The quantitative estimate of drug-likeness (QED) is 0.445. The van der Waals surface area contributed by atoms with Crippen LogP contribution in [0.15, 0.2) is 71.9 Å². The first-order valence-electron chi connectivity index (χ1n) is 11.9. The smallest absolute Gasteiger partial charge is 0.248 e. The number of H-pyrrole nitrogens is 1. The molecule has 0 saturated carbocycles. The summed E-state index contributed by atoms with van der Waals surface area (Å²) in [6.45, 7) is 6.10. The summed E-state index contributed by atoms with van der Waals surface area (Å²) in [6, 6.07) is 14.9. The zero-order valence-electron chi connectivity index (χ0n) is 19.8. The van der Waals surface area contributed by atoms with Gasteiger partial charge in [-0.15, -0.1) is 0 Å². The molecule has 180 valence electrons. The molecule has 0 amide bonds. The van der Waals surface area contributed by atoms with Crippen LogP contribution in [0, 0.1) is 5.82 Å². The normalized spacial score (nSPS) is 14.9. The molecule has 0 aliphatic carbocycles. The van der Waals surface area contributed by atoms with Gasteiger partial charge in [0, 0.05) is 69.7 Å². The Morgan fingerprint density at radius 2 is 1.74 bits per heavy atom. The molecule has 1 fully saturated rings. The predicted octanol–water partition coefficient (Wildman–Crippen LogP) is 3.41. The van der Waals surface area contributed by atoms with Gasteiger partial charge < -0.3 is 14.8 Å². The first-order valence-corrected chi connectivity index (χ1v) is 11.9. The van der Waals surface area contributed by atoms with Gasteiger partial charge in [-0.1, -0.05) is 36.4 Å². The molecule has 4 aromatic rings. The molecular weight excluding hydrogens is 443 g/mol. The van der Waals surface area contributed by atoms with Crippen LogP contribution < -0.4 is 10.5 Å². The Labute approximate surface area is 203 Å². The summed E-state index contributed by atoms with van der Waals surface area (Å²) < 4.78 is 14.4. The number of nitrogens with zero attached hydrogens (tertiary/aromatic N) is 5. The number of para-hydroxylation sites is 1. The van der Waals surface area contributed by atoms with Gasteiger partial charge >= 0.3 is 0 Å². The van der Waals surface area contributed by atoms with E-state index in [2.05, 4.69) is 61.0 Å². The number of aromatic amines is 1. The summed E-state index contributed by atoms with van der Waals surface area (Å²) in [5.74, 6) is 0.261. The number of hydrogen-bond acceptors (Lipinski definition) is 6. The highest BCUT2D eigenvalue weighted by atomic mass is 19.1. The number of anilines is 1. The molecule has 35 heavy (non-hydrogen) atoms. The number of likely N-dealkylation sites (N-methyl/N-ethyl adjacent to an activating group) is 1. The number of halogens is 1. The highest BCUT2D eigenvalue weighted by molar-refractivity contribution is 5.82. The molecule has 2 aromatic carbocycles. The van der Waals surface area contributed by atoms with E-state index in [1.54, 1.807) is 30.7 Å². The molecule has 1 N–H and O–H groups in total. The molecule has 1 aliphatic heterocycles. The van der Waals surface area contributed by atoms with E-state index in [0.29, 0.717) is 24.3 Å². The molecule has 0 atom stereocenters. The van der Waals surface area contributed by atoms with Crippen molar-refractivity contribution in [3.05, 3.63) is 100.0 Å². The van der Waals surface area contributed by atoms with Gasteiger partial charge in [-0.2, -0.15) is 0 Å². The number of aromatic nitrogens is 3. The fourth-order valence-corrected chi connectivity index (χ4v) is 4.64. The van der Waals surface area contributed by atoms with Gasteiger partial charge in [0.1, 0.15) is 11.6 Å². The molecule has 0 bridgehead atoms. The number of pyridine rings is 1. The second-order valence-corrected chi connectivity index (χ2v) is 9.09. The van der Waals surface area contributed by atoms with E-state index >= 15 is 0 Å². The first-order chi connectivity index (χ1) is 17.1. The Morgan fingerprint density at radius 3 is 2.51 bits per heavy atom. The third-order valence-electron chi connectivity index (χ3n) is 6.62. The fourth-order valence-electron chi connectivity index (χ4n) is 4.64. The van der Waals surface area contributed by atoms with Crippen molar-refractivity contribution in [2.75, 3.05) is 38.1 Å². The molecule has 0 unspecified atom stereocenters. The zero-order chi connectivity index (χ0) is 24.2. The van der Waals surface area contributed by atoms with Crippen LogP contribution in [0.3, 0.4) is 0 Å². The lowest BCUT2D eigenvalue weighted by Gasteiger charge is -2.33. The highest BCUT2D eigenvalue weighted by Gasteiger charge is 2.18. The van der Waals surface area contributed by atoms with E-state index in [1.165, 1.54) is 17.2 Å². The van der Waals surface area contributed by atoms with E-state index in [-0.39, 0.29) is 11.1 Å². The number of nitrogens with one attached hydrogen (secondary N) is 1. The van der Waals surface area contributed by atoms with E-state index in [4.69, 9.17) is 0 Å². The van der Waals surface area contributed by atoms with E-state index in [9.17, 15) is 9.18 Å². The largest absolute Gasteiger partial charge is 0.347 e. The van der Waals surface area contributed by atoms with Crippen LogP contribution in [-0.2, 0) is 19.6 Å². The number of piperazine rings is 1. The summed E-state index contributed by atoms with van der Waals surface area (Å²) in [7, 11) is 2.16. The summed E-state index contributed by atoms with van der Waals surface area (Å²) in [5, 5.41) is 0.684. The van der Waals surface area contributed by atoms with Crippen molar-refractivity contribution in [3.63, 3.8) is 0 Å². The Balaban J connectivity index is 1.47. The summed E-state index contributed by atoms with van der Waals surface area (Å²) >= 11 is 0. The SMILES string of the molecule is CN1CCN(Cc2ccccc2CN(Cc2cc(=O)[nH]c3c(F)cccc23)c2cnccn2)CC1. The molecular formula is C27H29FN6O. The molecule has 0 radical (unpaired) electrons. The maximum atomic E-state index is 14.4. The van der Waals surface area contributed by atoms with Crippen molar-refractivity contribution in [1.29, 1.82) is 0 Å². The molecule has 5 rings (SSSR count). The van der Waals surface area contributed by atoms with E-state index in [0.717, 1.165) is 38.3 Å². The average Bonchev–Trinajstić information content (AvgIpc) is 2.87. The summed E-state index contributed by atoms with van der Waals surface area (Å²) in [5.41, 5.74) is 3.10. The van der Waals surface area contributed by atoms with Gasteiger partial charge in [0.25, 0.3) is 0 Å². The number of hydrogen-bond donors (Lipinski definition) is 1. The minimum Gasteiger partial charge on any atom is -0.347 e. The topological polar surface area (TPSA) is 68.4 Å². The van der Waals surface area contributed by atoms with E-state index < -0.39 is 5.82 Å². The highest BCUT2D eigenvalue weighted by Crippen LogP contribution is 2.24. The maximum Gasteiger partial charge on any atom is 0.248 e. The average molecular weight is 473 g/mol. The molecule has 3 heterocycles. The van der Waals surface area contributed by atoms with Crippen molar-refractivity contribution >= 4 is 16.7 Å². The molecule has 1 saturated heterocycles. The Hall–Kier alpha value is -3.62. The Bertz CT molecular complexity index is 1350. The molecule has 2 aromatic heterocycles. The third kappa shape index (κ3) is 5.39. The first kappa shape index (κ1) is 23.1. The lowest BCUT2D eigenvalue weighted by molar-refractivity contribution is 0.148. The third-order valence-corrected chi connectivity index (χ3v) is 6.62. The van der Waals surface area contributed by atoms with Crippen LogP contribution in [0.1, 0.15) is 16.7 Å². The zero-order valence-corrected chi connectivity index (χ0v) is 19.8. The van der Waals surface area contributed by atoms with Gasteiger partial charge in [0.05, 0.1) is 11.7 Å². The van der Waals surface area contributed by atoms with Crippen molar-refractivity contribution < 1.29 is 4.39 Å². The van der Waals surface area contributed by atoms with Crippen LogP contribution in [0.5, 0.6) is 0 Å².